The quantitative estimate of drug-likeness (QED) is 0.478. The summed E-state index contributed by atoms with van der Waals surface area (Å²) in [4.78, 5) is 0. The third-order valence-electron chi connectivity index (χ3n) is 0.785. The SMILES string of the molecule is C=C(C)CP(Br)CC. The van der Waals surface area contributed by atoms with Gasteiger partial charge in [-0.3, -0.25) is 0 Å². The van der Waals surface area contributed by atoms with Crippen LogP contribution in [0.2, 0.25) is 0 Å². The van der Waals surface area contributed by atoms with Gasteiger partial charge in [0.25, 0.3) is 0 Å². The van der Waals surface area contributed by atoms with Gasteiger partial charge in [0, 0.05) is 0 Å². The van der Waals surface area contributed by atoms with Crippen molar-refractivity contribution in [3.05, 3.63) is 12.2 Å². The molecule has 48 valence electrons. The summed E-state index contributed by atoms with van der Waals surface area (Å²) in [7, 11) is 0. The Morgan fingerprint density at radius 1 is 1.75 bits per heavy atom. The first-order valence-electron chi connectivity index (χ1n) is 2.72. The van der Waals surface area contributed by atoms with Crippen LogP contribution in [0.1, 0.15) is 13.8 Å². The van der Waals surface area contributed by atoms with E-state index in [1.807, 2.05) is 0 Å². The molecule has 0 bridgehead atoms. The van der Waals surface area contributed by atoms with E-state index in [4.69, 9.17) is 0 Å². The van der Waals surface area contributed by atoms with E-state index in [1.54, 1.807) is 0 Å². The van der Waals surface area contributed by atoms with Gasteiger partial charge in [-0.15, -0.1) is 0 Å². The summed E-state index contributed by atoms with van der Waals surface area (Å²) in [6.07, 6.45) is 2.42. The average Bonchev–Trinajstić information content (AvgIpc) is 1.65. The maximum atomic E-state index is 3.83. The standard InChI is InChI=1S/C6H12BrP/c1-4-8(7)5-6(2)3/h2,4-5H2,1,3H3. The van der Waals surface area contributed by atoms with Crippen molar-refractivity contribution in [1.29, 1.82) is 0 Å². The van der Waals surface area contributed by atoms with Crippen LogP contribution in [0.15, 0.2) is 12.2 Å². The molecule has 0 nitrogen and oxygen atoms in total. The minimum Gasteiger partial charge on any atom is -0.0998 e. The third-order valence-corrected chi connectivity index (χ3v) is 4.61. The van der Waals surface area contributed by atoms with Gasteiger partial charge in [0.15, 0.2) is 0 Å². The number of hydrogen-bond donors (Lipinski definition) is 0. The molecular weight excluding hydrogens is 183 g/mol. The van der Waals surface area contributed by atoms with Gasteiger partial charge >= 0.3 is 0 Å². The smallest absolute Gasteiger partial charge is 0.00215 e. The molecule has 1 atom stereocenters. The zero-order valence-corrected chi connectivity index (χ0v) is 7.93. The molecule has 8 heavy (non-hydrogen) atoms. The summed E-state index contributed by atoms with van der Waals surface area (Å²) in [6.45, 7) is 8.20. The molecule has 0 saturated carbocycles. The molecule has 0 heterocycles. The van der Waals surface area contributed by atoms with E-state index < -0.39 is 0 Å². The van der Waals surface area contributed by atoms with E-state index in [0.29, 0.717) is 0 Å². The molecule has 0 aliphatic heterocycles. The molecule has 0 amide bonds. The van der Waals surface area contributed by atoms with Crippen molar-refractivity contribution >= 4 is 22.1 Å². The molecule has 0 aromatic rings. The van der Waals surface area contributed by atoms with Crippen LogP contribution in [0.5, 0.6) is 0 Å². The van der Waals surface area contributed by atoms with Crippen LogP contribution in [0.4, 0.5) is 0 Å². The molecule has 0 aliphatic rings. The Hall–Kier alpha value is 0.650. The van der Waals surface area contributed by atoms with E-state index >= 15 is 0 Å². The van der Waals surface area contributed by atoms with Crippen molar-refractivity contribution in [1.82, 2.24) is 0 Å². The summed E-state index contributed by atoms with van der Waals surface area (Å²) >= 11 is 3.58. The molecule has 0 aromatic heterocycles. The second-order valence-corrected chi connectivity index (χ2v) is 6.78. The molecule has 0 fully saturated rings. The summed E-state index contributed by atoms with van der Waals surface area (Å²) in [6, 6.07) is 0. The van der Waals surface area contributed by atoms with Crippen molar-refractivity contribution in [3.8, 4) is 0 Å². The van der Waals surface area contributed by atoms with E-state index in [0.717, 1.165) is 0 Å². The Kier molecular flexibility index (Phi) is 4.89. The van der Waals surface area contributed by atoms with E-state index in [2.05, 4.69) is 35.9 Å². The molecule has 0 radical (unpaired) electrons. The van der Waals surface area contributed by atoms with Crippen LogP contribution in [0.3, 0.4) is 0 Å². The predicted molar refractivity (Wildman–Crippen MR) is 46.1 cm³/mol. The van der Waals surface area contributed by atoms with Crippen LogP contribution < -0.4 is 0 Å². The average molecular weight is 195 g/mol. The topological polar surface area (TPSA) is 0 Å². The Morgan fingerprint density at radius 2 is 2.25 bits per heavy atom. The fourth-order valence-electron chi connectivity index (χ4n) is 0.405. The predicted octanol–water partition coefficient (Wildman–Crippen LogP) is 3.37. The first-order valence-corrected chi connectivity index (χ1v) is 6.45. The molecule has 2 heteroatoms. The zero-order valence-electron chi connectivity index (χ0n) is 5.45. The second kappa shape index (κ2) is 4.52. The lowest BCUT2D eigenvalue weighted by Gasteiger charge is -2.03. The minimum absolute atomic E-state index is 0.0952. The number of halogens is 1. The first kappa shape index (κ1) is 8.65. The molecule has 0 rings (SSSR count). The first-order chi connectivity index (χ1) is 3.66. The highest BCUT2D eigenvalue weighted by atomic mass is 79.9. The maximum Gasteiger partial charge on any atom is -0.00215 e. The molecule has 0 N–H and O–H groups in total. The van der Waals surface area contributed by atoms with Crippen molar-refractivity contribution in [2.45, 2.75) is 13.8 Å². The molecule has 0 spiro atoms. The largest absolute Gasteiger partial charge is 0.0998 e. The van der Waals surface area contributed by atoms with Crippen LogP contribution in [0, 0.1) is 0 Å². The van der Waals surface area contributed by atoms with Crippen LogP contribution in [-0.2, 0) is 0 Å². The van der Waals surface area contributed by atoms with Crippen LogP contribution >= 0.6 is 22.1 Å². The van der Waals surface area contributed by atoms with Gasteiger partial charge in [0.2, 0.25) is 0 Å². The van der Waals surface area contributed by atoms with Crippen LogP contribution in [-0.4, -0.2) is 12.3 Å². The highest BCUT2D eigenvalue weighted by molar-refractivity contribution is 9.39. The summed E-state index contributed by atoms with van der Waals surface area (Å²) in [5, 5.41) is 0. The van der Waals surface area contributed by atoms with E-state index in [-0.39, 0.29) is 6.62 Å². The van der Waals surface area contributed by atoms with E-state index in [9.17, 15) is 0 Å². The van der Waals surface area contributed by atoms with Gasteiger partial charge < -0.3 is 0 Å². The Labute approximate surface area is 60.9 Å². The molecule has 1 unspecified atom stereocenters. The van der Waals surface area contributed by atoms with Gasteiger partial charge in [-0.05, 0) is 25.9 Å². The maximum absolute atomic E-state index is 3.83. The number of rotatable bonds is 3. The van der Waals surface area contributed by atoms with Gasteiger partial charge in [0.1, 0.15) is 0 Å². The summed E-state index contributed by atoms with van der Waals surface area (Å²) < 4.78 is 0. The zero-order chi connectivity index (χ0) is 6.57. The summed E-state index contributed by atoms with van der Waals surface area (Å²) in [5.74, 6) is 0. The molecule has 0 aromatic carbocycles. The van der Waals surface area contributed by atoms with Gasteiger partial charge in [0.05, 0.1) is 0 Å². The molecule has 0 saturated heterocycles. The van der Waals surface area contributed by atoms with Gasteiger partial charge in [-0.25, -0.2) is 0 Å². The second-order valence-electron chi connectivity index (χ2n) is 1.89. The lowest BCUT2D eigenvalue weighted by Crippen LogP contribution is -1.79. The number of hydrogen-bond acceptors (Lipinski definition) is 0. The minimum atomic E-state index is 0.0952. The molecule has 0 aliphatic carbocycles. The normalized spacial score (nSPS) is 13.4. The fraction of sp³-hybridized carbons (Fsp3) is 0.667. The van der Waals surface area contributed by atoms with E-state index in [1.165, 1.54) is 17.9 Å². The van der Waals surface area contributed by atoms with Crippen LogP contribution in [0.25, 0.3) is 0 Å². The lowest BCUT2D eigenvalue weighted by atomic mass is 10.4. The van der Waals surface area contributed by atoms with Gasteiger partial charge in [-0.2, -0.15) is 0 Å². The van der Waals surface area contributed by atoms with Crippen molar-refractivity contribution in [2.75, 3.05) is 12.3 Å². The molecular formula is C6H12BrP. The van der Waals surface area contributed by atoms with Crippen molar-refractivity contribution in [3.63, 3.8) is 0 Å². The third kappa shape index (κ3) is 4.80. The highest BCUT2D eigenvalue weighted by Gasteiger charge is 1.97. The number of allylic oxidation sites excluding steroid dienone is 1. The van der Waals surface area contributed by atoms with Crippen molar-refractivity contribution in [2.24, 2.45) is 0 Å². The Balaban J connectivity index is 3.24. The Morgan fingerprint density at radius 3 is 2.38 bits per heavy atom. The monoisotopic (exact) mass is 194 g/mol. The lowest BCUT2D eigenvalue weighted by molar-refractivity contribution is 1.40. The Bertz CT molecular complexity index is 80.6. The van der Waals surface area contributed by atoms with Gasteiger partial charge in [-0.1, -0.05) is 34.6 Å². The fourth-order valence-corrected chi connectivity index (χ4v) is 2.50. The summed E-state index contributed by atoms with van der Waals surface area (Å²) in [5.41, 5.74) is 1.29. The highest BCUT2D eigenvalue weighted by Crippen LogP contribution is 2.44. The van der Waals surface area contributed by atoms with Crippen molar-refractivity contribution < 1.29 is 0 Å².